The van der Waals surface area contributed by atoms with Gasteiger partial charge in [-0.05, 0) is 30.7 Å². The van der Waals surface area contributed by atoms with Crippen LogP contribution in [0.1, 0.15) is 15.9 Å². The van der Waals surface area contributed by atoms with Gasteiger partial charge >= 0.3 is 0 Å². The lowest BCUT2D eigenvalue weighted by atomic mass is 10.2. The molecule has 0 aliphatic heterocycles. The Labute approximate surface area is 131 Å². The summed E-state index contributed by atoms with van der Waals surface area (Å²) in [6, 6.07) is 8.27. The van der Waals surface area contributed by atoms with E-state index in [-0.39, 0.29) is 10.3 Å². The molecule has 0 aliphatic rings. The number of carbonyl (C=O) groups is 1. The van der Waals surface area contributed by atoms with Crippen molar-refractivity contribution in [3.63, 3.8) is 0 Å². The van der Waals surface area contributed by atoms with E-state index in [9.17, 15) is 4.79 Å². The number of rotatable bonds is 3. The molecule has 2 rings (SSSR count). The van der Waals surface area contributed by atoms with Gasteiger partial charge in [-0.2, -0.15) is 0 Å². The summed E-state index contributed by atoms with van der Waals surface area (Å²) in [7, 11) is 0. The van der Waals surface area contributed by atoms with Crippen molar-refractivity contribution in [3.05, 3.63) is 56.8 Å². The third-order valence-electron chi connectivity index (χ3n) is 2.55. The van der Waals surface area contributed by atoms with Crippen molar-refractivity contribution in [2.75, 3.05) is 5.43 Å². The Kier molecular flexibility index (Phi) is 4.70. The van der Waals surface area contributed by atoms with E-state index in [4.69, 9.17) is 34.8 Å². The van der Waals surface area contributed by atoms with Gasteiger partial charge in [0.2, 0.25) is 0 Å². The lowest BCUT2D eigenvalue weighted by Gasteiger charge is -2.12. The SMILES string of the molecule is Cc1cccc(Cl)c1NNC(=O)c1cc(Cl)nc(Cl)c1. The van der Waals surface area contributed by atoms with Crippen LogP contribution >= 0.6 is 34.8 Å². The first-order chi connectivity index (χ1) is 9.47. The molecule has 1 heterocycles. The fourth-order valence-electron chi connectivity index (χ4n) is 1.58. The quantitative estimate of drug-likeness (QED) is 0.658. The van der Waals surface area contributed by atoms with Crippen LogP contribution in [-0.2, 0) is 0 Å². The van der Waals surface area contributed by atoms with E-state index >= 15 is 0 Å². The van der Waals surface area contributed by atoms with Crippen LogP contribution in [0.5, 0.6) is 0 Å². The second kappa shape index (κ2) is 6.31. The zero-order chi connectivity index (χ0) is 14.7. The minimum Gasteiger partial charge on any atom is -0.297 e. The van der Waals surface area contributed by atoms with Crippen molar-refractivity contribution >= 4 is 46.4 Å². The fraction of sp³-hybridized carbons (Fsp3) is 0.0769. The molecule has 0 atom stereocenters. The van der Waals surface area contributed by atoms with Crippen LogP contribution in [0.3, 0.4) is 0 Å². The molecule has 20 heavy (non-hydrogen) atoms. The second-order valence-corrected chi connectivity index (χ2v) is 5.19. The van der Waals surface area contributed by atoms with Gasteiger partial charge in [0.15, 0.2) is 0 Å². The van der Waals surface area contributed by atoms with Gasteiger partial charge in [0.05, 0.1) is 10.7 Å². The summed E-state index contributed by atoms with van der Waals surface area (Å²) in [5.74, 6) is -0.393. The number of nitrogens with zero attached hydrogens (tertiary/aromatic N) is 1. The molecule has 1 aromatic heterocycles. The lowest BCUT2D eigenvalue weighted by molar-refractivity contribution is 0.0962. The van der Waals surface area contributed by atoms with Crippen molar-refractivity contribution in [2.45, 2.75) is 6.92 Å². The third-order valence-corrected chi connectivity index (χ3v) is 3.25. The minimum absolute atomic E-state index is 0.150. The molecular weight excluding hydrogens is 321 g/mol. The van der Waals surface area contributed by atoms with Gasteiger partial charge in [-0.3, -0.25) is 15.6 Å². The van der Waals surface area contributed by atoms with E-state index in [0.29, 0.717) is 16.3 Å². The number of pyridine rings is 1. The number of amides is 1. The molecular formula is C13H10Cl3N3O. The molecule has 0 aliphatic carbocycles. The molecule has 0 spiro atoms. The molecule has 7 heteroatoms. The number of anilines is 1. The van der Waals surface area contributed by atoms with Crippen molar-refractivity contribution in [2.24, 2.45) is 0 Å². The van der Waals surface area contributed by atoms with Crippen molar-refractivity contribution in [1.82, 2.24) is 10.4 Å². The number of hydrogen-bond donors (Lipinski definition) is 2. The number of aryl methyl sites for hydroxylation is 1. The lowest BCUT2D eigenvalue weighted by Crippen LogP contribution is -2.29. The Bertz CT molecular complexity index is 621. The molecule has 4 nitrogen and oxygen atoms in total. The maximum absolute atomic E-state index is 12.0. The Balaban J connectivity index is 2.13. The molecule has 0 unspecified atom stereocenters. The Morgan fingerprint density at radius 3 is 2.40 bits per heavy atom. The van der Waals surface area contributed by atoms with Crippen molar-refractivity contribution in [1.29, 1.82) is 0 Å². The molecule has 0 bridgehead atoms. The predicted molar refractivity (Wildman–Crippen MR) is 81.5 cm³/mol. The Morgan fingerprint density at radius 1 is 1.15 bits per heavy atom. The average molecular weight is 331 g/mol. The number of carbonyl (C=O) groups excluding carboxylic acids is 1. The maximum Gasteiger partial charge on any atom is 0.269 e. The molecule has 1 aromatic carbocycles. The largest absolute Gasteiger partial charge is 0.297 e. The van der Waals surface area contributed by atoms with E-state index in [1.807, 2.05) is 19.1 Å². The summed E-state index contributed by atoms with van der Waals surface area (Å²) >= 11 is 17.5. The highest BCUT2D eigenvalue weighted by molar-refractivity contribution is 6.33. The van der Waals surface area contributed by atoms with Crippen molar-refractivity contribution < 1.29 is 4.79 Å². The van der Waals surface area contributed by atoms with E-state index in [0.717, 1.165) is 5.56 Å². The summed E-state index contributed by atoms with van der Waals surface area (Å²) in [4.78, 5) is 15.8. The van der Waals surface area contributed by atoms with Gasteiger partial charge in [-0.15, -0.1) is 0 Å². The van der Waals surface area contributed by atoms with Crippen LogP contribution < -0.4 is 10.9 Å². The molecule has 2 aromatic rings. The zero-order valence-electron chi connectivity index (χ0n) is 10.4. The highest BCUT2D eigenvalue weighted by Crippen LogP contribution is 2.24. The number of halogens is 3. The molecule has 1 amide bonds. The van der Waals surface area contributed by atoms with E-state index in [1.165, 1.54) is 12.1 Å². The summed E-state index contributed by atoms with van der Waals surface area (Å²) in [5.41, 5.74) is 7.15. The van der Waals surface area contributed by atoms with Crippen LogP contribution in [0.4, 0.5) is 5.69 Å². The first-order valence-corrected chi connectivity index (χ1v) is 6.75. The first-order valence-electron chi connectivity index (χ1n) is 5.62. The maximum atomic E-state index is 12.0. The van der Waals surface area contributed by atoms with Gasteiger partial charge in [-0.25, -0.2) is 4.98 Å². The summed E-state index contributed by atoms with van der Waals surface area (Å²) < 4.78 is 0. The predicted octanol–water partition coefficient (Wildman–Crippen LogP) is 4.11. The highest BCUT2D eigenvalue weighted by Gasteiger charge is 2.10. The zero-order valence-corrected chi connectivity index (χ0v) is 12.6. The average Bonchev–Trinajstić information content (AvgIpc) is 2.36. The smallest absolute Gasteiger partial charge is 0.269 e. The number of aromatic nitrogens is 1. The number of para-hydroxylation sites is 1. The Morgan fingerprint density at radius 2 is 1.80 bits per heavy atom. The van der Waals surface area contributed by atoms with Gasteiger partial charge in [-0.1, -0.05) is 46.9 Å². The molecule has 104 valence electrons. The van der Waals surface area contributed by atoms with Gasteiger partial charge in [0.25, 0.3) is 5.91 Å². The van der Waals surface area contributed by atoms with Crippen molar-refractivity contribution in [3.8, 4) is 0 Å². The third kappa shape index (κ3) is 3.54. The number of benzene rings is 1. The van der Waals surface area contributed by atoms with Crippen LogP contribution in [0.2, 0.25) is 15.3 Å². The number of hydrazine groups is 1. The monoisotopic (exact) mass is 329 g/mol. The summed E-state index contributed by atoms with van der Waals surface area (Å²) in [6.45, 7) is 1.88. The van der Waals surface area contributed by atoms with E-state index in [2.05, 4.69) is 15.8 Å². The van der Waals surface area contributed by atoms with Crippen LogP contribution in [-0.4, -0.2) is 10.9 Å². The van der Waals surface area contributed by atoms with Crippen LogP contribution in [0.25, 0.3) is 0 Å². The second-order valence-electron chi connectivity index (χ2n) is 4.01. The molecule has 0 fully saturated rings. The van der Waals surface area contributed by atoms with Gasteiger partial charge < -0.3 is 0 Å². The number of nitrogens with one attached hydrogen (secondary N) is 2. The Hall–Kier alpha value is -1.49. The van der Waals surface area contributed by atoms with Gasteiger partial charge in [0, 0.05) is 5.56 Å². The summed E-state index contributed by atoms with van der Waals surface area (Å²) in [6.07, 6.45) is 0. The summed E-state index contributed by atoms with van der Waals surface area (Å²) in [5, 5.41) is 0.809. The number of hydrogen-bond acceptors (Lipinski definition) is 3. The molecule has 0 radical (unpaired) electrons. The standard InChI is InChI=1S/C13H10Cl3N3O/c1-7-3-2-4-9(14)12(7)18-19-13(20)8-5-10(15)17-11(16)6-8/h2-6,18H,1H3,(H,19,20). The molecule has 2 N–H and O–H groups in total. The van der Waals surface area contributed by atoms with E-state index in [1.54, 1.807) is 6.07 Å². The molecule has 0 saturated carbocycles. The fourth-order valence-corrected chi connectivity index (χ4v) is 2.31. The minimum atomic E-state index is -0.393. The topological polar surface area (TPSA) is 54.0 Å². The van der Waals surface area contributed by atoms with E-state index < -0.39 is 5.91 Å². The highest BCUT2D eigenvalue weighted by atomic mass is 35.5. The first kappa shape index (κ1) is 14.9. The van der Waals surface area contributed by atoms with Crippen LogP contribution in [0, 0.1) is 6.92 Å². The van der Waals surface area contributed by atoms with Crippen LogP contribution in [0.15, 0.2) is 30.3 Å². The van der Waals surface area contributed by atoms with Gasteiger partial charge in [0.1, 0.15) is 10.3 Å². The normalized spacial score (nSPS) is 10.2. The molecule has 0 saturated heterocycles.